The van der Waals surface area contributed by atoms with E-state index < -0.39 is 0 Å². The fourth-order valence-electron chi connectivity index (χ4n) is 5.79. The van der Waals surface area contributed by atoms with Gasteiger partial charge in [0.05, 0.1) is 0 Å². The Bertz CT molecular complexity index is 1210. The fraction of sp³-hybridized carbons (Fsp3) is 0.281. The molecular formula is C32H32O. The zero-order valence-corrected chi connectivity index (χ0v) is 19.6. The zero-order valence-electron chi connectivity index (χ0n) is 19.6. The highest BCUT2D eigenvalue weighted by atomic mass is 16.1. The minimum absolute atomic E-state index is 0.00227. The third-order valence-corrected chi connectivity index (χ3v) is 7.51. The van der Waals surface area contributed by atoms with E-state index in [4.69, 9.17) is 0 Å². The summed E-state index contributed by atoms with van der Waals surface area (Å²) in [4.78, 5) is 13.7. The molecule has 0 bridgehead atoms. The number of rotatable bonds is 6. The zero-order chi connectivity index (χ0) is 22.8. The highest BCUT2D eigenvalue weighted by Crippen LogP contribution is 2.46. The van der Waals surface area contributed by atoms with Gasteiger partial charge in [-0.2, -0.15) is 0 Å². The van der Waals surface area contributed by atoms with Crippen LogP contribution in [-0.2, 0) is 11.2 Å². The number of fused-ring (bicyclic) bond motifs is 1. The summed E-state index contributed by atoms with van der Waals surface area (Å²) in [6, 6.07) is 27.9. The molecule has 3 aromatic carbocycles. The van der Waals surface area contributed by atoms with Crippen molar-refractivity contribution in [3.63, 3.8) is 0 Å². The first-order chi connectivity index (χ1) is 16.1. The van der Waals surface area contributed by atoms with Crippen LogP contribution in [-0.4, -0.2) is 5.78 Å². The van der Waals surface area contributed by atoms with Gasteiger partial charge in [-0.15, -0.1) is 0 Å². The predicted molar refractivity (Wildman–Crippen MR) is 137 cm³/mol. The van der Waals surface area contributed by atoms with Crippen LogP contribution < -0.4 is 0 Å². The summed E-state index contributed by atoms with van der Waals surface area (Å²) in [7, 11) is 0. The van der Waals surface area contributed by atoms with E-state index in [2.05, 4.69) is 105 Å². The highest BCUT2D eigenvalue weighted by molar-refractivity contribution is 5.89. The van der Waals surface area contributed by atoms with Gasteiger partial charge in [-0.25, -0.2) is 0 Å². The van der Waals surface area contributed by atoms with E-state index in [-0.39, 0.29) is 17.8 Å². The molecule has 0 heterocycles. The van der Waals surface area contributed by atoms with Gasteiger partial charge in [0, 0.05) is 17.8 Å². The minimum Gasteiger partial charge on any atom is -0.299 e. The Morgan fingerprint density at radius 1 is 0.879 bits per heavy atom. The van der Waals surface area contributed by atoms with Crippen molar-refractivity contribution in [2.45, 2.75) is 51.4 Å². The molecule has 2 aliphatic rings. The molecule has 0 fully saturated rings. The van der Waals surface area contributed by atoms with E-state index in [9.17, 15) is 4.79 Å². The molecule has 33 heavy (non-hydrogen) atoms. The quantitative estimate of drug-likeness (QED) is 0.388. The number of allylic oxidation sites excluding steroid dienone is 4. The first-order valence-electron chi connectivity index (χ1n) is 12.3. The molecule has 0 aromatic heterocycles. The van der Waals surface area contributed by atoms with Crippen molar-refractivity contribution in [2.24, 2.45) is 5.92 Å². The Morgan fingerprint density at radius 3 is 2.36 bits per heavy atom. The van der Waals surface area contributed by atoms with Gasteiger partial charge < -0.3 is 0 Å². The largest absolute Gasteiger partial charge is 0.299 e. The molecule has 1 nitrogen and oxygen atoms in total. The molecule has 0 saturated carbocycles. The number of carbonyl (C=O) groups excluding carboxylic acids is 1. The molecule has 166 valence electrons. The van der Waals surface area contributed by atoms with Gasteiger partial charge in [0.2, 0.25) is 0 Å². The van der Waals surface area contributed by atoms with Gasteiger partial charge >= 0.3 is 0 Å². The first kappa shape index (κ1) is 21.6. The number of benzene rings is 3. The van der Waals surface area contributed by atoms with Crippen LogP contribution in [0.25, 0.3) is 5.57 Å². The summed E-state index contributed by atoms with van der Waals surface area (Å²) >= 11 is 0. The molecule has 0 saturated heterocycles. The second kappa shape index (κ2) is 9.35. The standard InChI is InChI=1S/C32H32O/c1-22-11-6-8-16-27(22)31-26(19-20-29(31)25-12-4-3-5-13-25)21-23(2)32(33)30-18-10-15-24-14-7-9-17-28(24)30/h3-9,11-14,16-17,19-20,23,30-31H,10,15,18,21H2,1-2H3. The minimum atomic E-state index is 0.00227. The van der Waals surface area contributed by atoms with E-state index in [1.165, 1.54) is 39.0 Å². The lowest BCUT2D eigenvalue weighted by Crippen LogP contribution is -2.24. The maximum Gasteiger partial charge on any atom is 0.143 e. The molecule has 0 spiro atoms. The highest BCUT2D eigenvalue weighted by Gasteiger charge is 2.33. The molecular weight excluding hydrogens is 400 g/mol. The van der Waals surface area contributed by atoms with E-state index in [1.54, 1.807) is 0 Å². The Hall–Kier alpha value is -3.19. The Balaban J connectivity index is 1.42. The molecule has 0 radical (unpaired) electrons. The lowest BCUT2D eigenvalue weighted by Gasteiger charge is -2.28. The SMILES string of the molecule is Cc1ccccc1C1C(CC(C)C(=O)C2CCCc3ccccc32)=CC=C1c1ccccc1. The number of carbonyl (C=O) groups is 1. The fourth-order valence-corrected chi connectivity index (χ4v) is 5.79. The van der Waals surface area contributed by atoms with Crippen LogP contribution in [0.1, 0.15) is 65.8 Å². The molecule has 3 aromatic rings. The van der Waals surface area contributed by atoms with Crippen molar-refractivity contribution in [1.82, 2.24) is 0 Å². The molecule has 3 unspecified atom stereocenters. The van der Waals surface area contributed by atoms with E-state index in [0.29, 0.717) is 5.78 Å². The number of ketones is 1. The first-order valence-corrected chi connectivity index (χ1v) is 12.3. The maximum absolute atomic E-state index is 13.7. The number of hydrogen-bond acceptors (Lipinski definition) is 1. The van der Waals surface area contributed by atoms with Crippen molar-refractivity contribution < 1.29 is 4.79 Å². The number of Topliss-reactive ketones (excluding diaryl/α,β-unsaturated/α-hetero) is 1. The number of aryl methyl sites for hydroxylation is 2. The van der Waals surface area contributed by atoms with Crippen LogP contribution in [0.5, 0.6) is 0 Å². The second-order valence-electron chi connectivity index (χ2n) is 9.67. The van der Waals surface area contributed by atoms with Crippen LogP contribution in [0.2, 0.25) is 0 Å². The van der Waals surface area contributed by atoms with Crippen molar-refractivity contribution in [2.75, 3.05) is 0 Å². The lowest BCUT2D eigenvalue weighted by atomic mass is 9.75. The summed E-state index contributed by atoms with van der Waals surface area (Å²) < 4.78 is 0. The summed E-state index contributed by atoms with van der Waals surface area (Å²) in [6.45, 7) is 4.33. The molecule has 0 amide bonds. The average molecular weight is 433 g/mol. The molecule has 5 rings (SSSR count). The average Bonchev–Trinajstić information content (AvgIpc) is 3.27. The van der Waals surface area contributed by atoms with E-state index >= 15 is 0 Å². The van der Waals surface area contributed by atoms with Crippen molar-refractivity contribution in [1.29, 1.82) is 0 Å². The summed E-state index contributed by atoms with van der Waals surface area (Å²) in [5.74, 6) is 0.662. The molecule has 0 N–H and O–H groups in total. The third kappa shape index (κ3) is 4.25. The summed E-state index contributed by atoms with van der Waals surface area (Å²) in [5.41, 5.74) is 9.23. The topological polar surface area (TPSA) is 17.1 Å². The molecule has 3 atom stereocenters. The van der Waals surface area contributed by atoms with E-state index in [1.807, 2.05) is 0 Å². The van der Waals surface area contributed by atoms with Crippen LogP contribution in [0.4, 0.5) is 0 Å². The van der Waals surface area contributed by atoms with Crippen LogP contribution in [0, 0.1) is 12.8 Å². The monoisotopic (exact) mass is 432 g/mol. The van der Waals surface area contributed by atoms with Gasteiger partial charge in [-0.3, -0.25) is 4.79 Å². The second-order valence-corrected chi connectivity index (χ2v) is 9.67. The molecule has 1 heteroatoms. The summed E-state index contributed by atoms with van der Waals surface area (Å²) in [5, 5.41) is 0. The van der Waals surface area contributed by atoms with Crippen molar-refractivity contribution in [3.05, 3.63) is 124 Å². The summed E-state index contributed by atoms with van der Waals surface area (Å²) in [6.07, 6.45) is 8.54. The van der Waals surface area contributed by atoms with Gasteiger partial charge in [0.15, 0.2) is 0 Å². The van der Waals surface area contributed by atoms with Crippen LogP contribution >= 0.6 is 0 Å². The Kier molecular flexibility index (Phi) is 6.13. The number of hydrogen-bond donors (Lipinski definition) is 0. The third-order valence-electron chi connectivity index (χ3n) is 7.51. The van der Waals surface area contributed by atoms with Gasteiger partial charge in [-0.05, 0) is 66.0 Å². The Labute approximate surface area is 197 Å². The predicted octanol–water partition coefficient (Wildman–Crippen LogP) is 7.82. The van der Waals surface area contributed by atoms with Gasteiger partial charge in [0.25, 0.3) is 0 Å². The van der Waals surface area contributed by atoms with Crippen LogP contribution in [0.15, 0.2) is 96.6 Å². The van der Waals surface area contributed by atoms with Crippen molar-refractivity contribution in [3.8, 4) is 0 Å². The smallest absolute Gasteiger partial charge is 0.143 e. The molecule has 2 aliphatic carbocycles. The van der Waals surface area contributed by atoms with Crippen molar-refractivity contribution >= 4 is 11.4 Å². The molecule has 0 aliphatic heterocycles. The van der Waals surface area contributed by atoms with Crippen LogP contribution in [0.3, 0.4) is 0 Å². The maximum atomic E-state index is 13.7. The van der Waals surface area contributed by atoms with Gasteiger partial charge in [-0.1, -0.05) is 104 Å². The van der Waals surface area contributed by atoms with Gasteiger partial charge in [0.1, 0.15) is 5.78 Å². The lowest BCUT2D eigenvalue weighted by molar-refractivity contribution is -0.124. The Morgan fingerprint density at radius 2 is 1.58 bits per heavy atom. The van der Waals surface area contributed by atoms with E-state index in [0.717, 1.165) is 25.7 Å². The normalized spacial score (nSPS) is 20.5.